The molecule has 0 spiro atoms. The molecule has 5 rings (SSSR count). The molecule has 0 atom stereocenters. The summed E-state index contributed by atoms with van der Waals surface area (Å²) in [4.78, 5) is 2.40. The van der Waals surface area contributed by atoms with Gasteiger partial charge in [-0.3, -0.25) is 0 Å². The zero-order chi connectivity index (χ0) is 26.5. The van der Waals surface area contributed by atoms with Crippen LogP contribution in [0.15, 0.2) is 48.5 Å². The second-order valence-electron chi connectivity index (χ2n) is 10.9. The van der Waals surface area contributed by atoms with Crippen molar-refractivity contribution in [2.75, 3.05) is 29.9 Å². The third-order valence-electron chi connectivity index (χ3n) is 7.76. The average Bonchev–Trinajstić information content (AvgIpc) is 3.37. The summed E-state index contributed by atoms with van der Waals surface area (Å²) in [5.41, 5.74) is 3.63. The Morgan fingerprint density at radius 3 is 2.37 bits per heavy atom. The molecule has 2 aliphatic rings. The van der Waals surface area contributed by atoms with Crippen molar-refractivity contribution >= 4 is 11.5 Å². The van der Waals surface area contributed by atoms with Gasteiger partial charge in [-0.15, -0.1) is 5.10 Å². The molecule has 0 unspecified atom stereocenters. The van der Waals surface area contributed by atoms with E-state index in [0.717, 1.165) is 49.7 Å². The van der Waals surface area contributed by atoms with Crippen molar-refractivity contribution in [1.29, 1.82) is 5.26 Å². The van der Waals surface area contributed by atoms with E-state index < -0.39 is 5.82 Å². The highest BCUT2D eigenvalue weighted by Crippen LogP contribution is 2.30. The molecule has 38 heavy (non-hydrogen) atoms. The smallest absolute Gasteiger partial charge is 0.149 e. The Kier molecular flexibility index (Phi) is 8.29. The predicted octanol–water partition coefficient (Wildman–Crippen LogP) is 6.94. The zero-order valence-electron chi connectivity index (χ0n) is 22.5. The largest absolute Gasteiger partial charge is 0.375 e. The van der Waals surface area contributed by atoms with E-state index in [2.05, 4.69) is 48.3 Å². The van der Waals surface area contributed by atoms with Gasteiger partial charge in [0.15, 0.2) is 0 Å². The van der Waals surface area contributed by atoms with Gasteiger partial charge in [0.25, 0.3) is 0 Å². The van der Waals surface area contributed by atoms with Gasteiger partial charge in [-0.25, -0.2) is 9.07 Å². The van der Waals surface area contributed by atoms with Crippen LogP contribution in [0.1, 0.15) is 64.4 Å². The van der Waals surface area contributed by atoms with Crippen LogP contribution in [0.2, 0.25) is 0 Å². The molecule has 200 valence electrons. The minimum absolute atomic E-state index is 0.0439. The molecule has 0 radical (unpaired) electrons. The molecule has 2 fully saturated rings. The summed E-state index contributed by atoms with van der Waals surface area (Å²) in [7, 11) is 0. The lowest BCUT2D eigenvalue weighted by molar-refractivity contribution is -0.00478. The summed E-state index contributed by atoms with van der Waals surface area (Å²) in [6.07, 6.45) is 9.10. The van der Waals surface area contributed by atoms with Crippen LogP contribution < -0.4 is 10.2 Å². The molecule has 1 N–H and O–H groups in total. The van der Waals surface area contributed by atoms with Crippen molar-refractivity contribution in [2.24, 2.45) is 5.92 Å². The molecule has 1 aromatic heterocycles. The fraction of sp³-hybridized carbons (Fsp3) is 0.484. The number of nitriles is 1. The van der Waals surface area contributed by atoms with Crippen molar-refractivity contribution in [3.8, 4) is 23.0 Å². The van der Waals surface area contributed by atoms with Gasteiger partial charge in [-0.1, -0.05) is 25.3 Å². The Morgan fingerprint density at radius 2 is 1.71 bits per heavy atom. The number of ether oxygens (including phenoxy) is 1. The van der Waals surface area contributed by atoms with Crippen LogP contribution in [-0.2, 0) is 4.74 Å². The molecular weight excluding hydrogens is 477 g/mol. The van der Waals surface area contributed by atoms with Crippen molar-refractivity contribution in [3.05, 3.63) is 59.9 Å². The van der Waals surface area contributed by atoms with Gasteiger partial charge in [0.1, 0.15) is 17.7 Å². The Morgan fingerprint density at radius 1 is 1.00 bits per heavy atom. The van der Waals surface area contributed by atoms with E-state index in [4.69, 9.17) is 15.1 Å². The quantitative estimate of drug-likeness (QED) is 0.352. The monoisotopic (exact) mass is 515 g/mol. The first-order valence-electron chi connectivity index (χ1n) is 14.0. The second kappa shape index (κ2) is 12.0. The first kappa shape index (κ1) is 26.2. The van der Waals surface area contributed by atoms with Crippen LogP contribution >= 0.6 is 0 Å². The number of hydrogen-bond donors (Lipinski definition) is 1. The van der Waals surface area contributed by atoms with Crippen molar-refractivity contribution < 1.29 is 9.13 Å². The summed E-state index contributed by atoms with van der Waals surface area (Å²) < 4.78 is 22.4. The van der Waals surface area contributed by atoms with Crippen molar-refractivity contribution in [2.45, 2.75) is 71.0 Å². The van der Waals surface area contributed by atoms with E-state index in [1.54, 1.807) is 6.07 Å². The highest BCUT2D eigenvalue weighted by atomic mass is 19.1. The molecule has 2 heterocycles. The fourth-order valence-electron chi connectivity index (χ4n) is 5.71. The molecular formula is C31H38FN5O. The third-order valence-corrected chi connectivity index (χ3v) is 7.76. The lowest BCUT2D eigenvalue weighted by atomic mass is 9.89. The van der Waals surface area contributed by atoms with Gasteiger partial charge in [-0.05, 0) is 81.8 Å². The van der Waals surface area contributed by atoms with Gasteiger partial charge in [0.05, 0.1) is 29.2 Å². The predicted molar refractivity (Wildman–Crippen MR) is 150 cm³/mol. The molecule has 0 amide bonds. The first-order valence-corrected chi connectivity index (χ1v) is 14.0. The first-order chi connectivity index (χ1) is 18.5. The van der Waals surface area contributed by atoms with Crippen molar-refractivity contribution in [3.63, 3.8) is 0 Å². The Balaban J connectivity index is 1.37. The van der Waals surface area contributed by atoms with Crippen molar-refractivity contribution in [1.82, 2.24) is 9.78 Å². The Labute approximate surface area is 225 Å². The standard InChI is InChI=1S/C31H38FN5O/c1-22(2)38-28-14-16-36(17-15-28)26-10-12-27(13-11-26)37-30(24-8-9-25(20-33)29(32)18-24)19-31(35-37)34-21-23-6-4-3-5-7-23/h8-13,18-19,22-23,28H,3-7,14-17,21H2,1-2H3,(H,34,35). The lowest BCUT2D eigenvalue weighted by Gasteiger charge is -2.34. The van der Waals surface area contributed by atoms with E-state index in [0.29, 0.717) is 17.6 Å². The molecule has 6 nitrogen and oxygen atoms in total. The van der Waals surface area contributed by atoms with Gasteiger partial charge < -0.3 is 15.0 Å². The van der Waals surface area contributed by atoms with Crippen LogP contribution in [0.25, 0.3) is 16.9 Å². The van der Waals surface area contributed by atoms with Crippen LogP contribution in [0.5, 0.6) is 0 Å². The second-order valence-corrected chi connectivity index (χ2v) is 10.9. The van der Waals surface area contributed by atoms with E-state index in [-0.39, 0.29) is 11.7 Å². The van der Waals surface area contributed by atoms with Crippen LogP contribution in [-0.4, -0.2) is 41.6 Å². The minimum atomic E-state index is -0.519. The Bertz CT molecular complexity index is 1250. The number of hydrogen-bond acceptors (Lipinski definition) is 5. The number of anilines is 2. The Hall–Kier alpha value is -3.37. The topological polar surface area (TPSA) is 66.1 Å². The summed E-state index contributed by atoms with van der Waals surface area (Å²) >= 11 is 0. The molecule has 1 aliphatic carbocycles. The number of piperidine rings is 1. The summed E-state index contributed by atoms with van der Waals surface area (Å²) in [5.74, 6) is 0.931. The molecule has 7 heteroatoms. The normalized spacial score (nSPS) is 17.1. The van der Waals surface area contributed by atoms with E-state index in [9.17, 15) is 4.39 Å². The molecule has 1 aliphatic heterocycles. The van der Waals surface area contributed by atoms with E-state index in [1.807, 2.05) is 16.8 Å². The average molecular weight is 516 g/mol. The molecule has 1 saturated heterocycles. The number of nitrogens with one attached hydrogen (secondary N) is 1. The van der Waals surface area contributed by atoms with Gasteiger partial charge in [0, 0.05) is 37.0 Å². The van der Waals surface area contributed by atoms with Gasteiger partial charge in [0.2, 0.25) is 0 Å². The molecule has 2 aromatic carbocycles. The number of rotatable bonds is 8. The summed E-state index contributed by atoms with van der Waals surface area (Å²) in [5, 5.41) is 17.6. The fourth-order valence-corrected chi connectivity index (χ4v) is 5.71. The minimum Gasteiger partial charge on any atom is -0.375 e. The number of aromatic nitrogens is 2. The van der Waals surface area contributed by atoms with E-state index >= 15 is 0 Å². The van der Waals surface area contributed by atoms with Crippen LogP contribution in [0.4, 0.5) is 15.9 Å². The maximum absolute atomic E-state index is 14.5. The number of nitrogens with zero attached hydrogens (tertiary/aromatic N) is 4. The highest BCUT2D eigenvalue weighted by molar-refractivity contribution is 5.67. The van der Waals surface area contributed by atoms with Crippen LogP contribution in [0, 0.1) is 23.1 Å². The molecule has 3 aromatic rings. The maximum atomic E-state index is 14.5. The summed E-state index contributed by atoms with van der Waals surface area (Å²) in [6, 6.07) is 17.1. The lowest BCUT2D eigenvalue weighted by Crippen LogP contribution is -2.37. The van der Waals surface area contributed by atoms with Gasteiger partial charge >= 0.3 is 0 Å². The zero-order valence-corrected chi connectivity index (χ0v) is 22.5. The molecule has 0 bridgehead atoms. The number of benzene rings is 2. The SMILES string of the molecule is CC(C)OC1CCN(c2ccc(-n3nc(NCC4CCCCC4)cc3-c3ccc(C#N)c(F)c3)cc2)CC1. The van der Waals surface area contributed by atoms with Gasteiger partial charge in [-0.2, -0.15) is 5.26 Å². The molecule has 1 saturated carbocycles. The van der Waals surface area contributed by atoms with E-state index in [1.165, 1.54) is 49.9 Å². The number of halogens is 1. The van der Waals surface area contributed by atoms with Crippen LogP contribution in [0.3, 0.4) is 0 Å². The summed E-state index contributed by atoms with van der Waals surface area (Å²) in [6.45, 7) is 7.04. The third kappa shape index (κ3) is 6.19. The maximum Gasteiger partial charge on any atom is 0.149 e. The highest BCUT2D eigenvalue weighted by Gasteiger charge is 2.21.